The first-order chi connectivity index (χ1) is 19.3. The van der Waals surface area contributed by atoms with E-state index in [2.05, 4.69) is 86.2 Å². The second-order valence-corrected chi connectivity index (χ2v) is 13.5. The fourth-order valence-corrected chi connectivity index (χ4v) is 8.35. The number of thiophene rings is 1. The zero-order chi connectivity index (χ0) is 28.3. The quantitative estimate of drug-likeness (QED) is 0.272. The van der Waals surface area contributed by atoms with Crippen LogP contribution in [0.15, 0.2) is 46.2 Å². The second kappa shape index (κ2) is 12.8. The standard InChI is InChI=1S/C34H50N4OS/c1-6-37(7-2)30(27-13-15-28(16-14-27)34(5,35)31-25(4)19-22-40-31)32-36-29(23-26-11-9-8-10-12-26)33(39-32)38-20-17-24(3)18-21-38/h8-12,19,22,24,27-28,30H,6-7,13-18,20-21,23,35H2,1-5H3. The summed E-state index contributed by atoms with van der Waals surface area (Å²) < 4.78 is 6.88. The van der Waals surface area contributed by atoms with Gasteiger partial charge in [0.2, 0.25) is 11.8 Å². The van der Waals surface area contributed by atoms with Gasteiger partial charge < -0.3 is 15.1 Å². The van der Waals surface area contributed by atoms with E-state index in [4.69, 9.17) is 15.1 Å². The molecule has 1 aromatic carbocycles. The van der Waals surface area contributed by atoms with Crippen LogP contribution in [0.1, 0.15) is 99.9 Å². The molecule has 218 valence electrons. The molecule has 1 aliphatic carbocycles. The van der Waals surface area contributed by atoms with Crippen molar-refractivity contribution in [2.75, 3.05) is 31.1 Å². The lowest BCUT2D eigenvalue weighted by Gasteiger charge is -2.42. The number of piperidine rings is 1. The fraction of sp³-hybridized carbons (Fsp3) is 0.618. The van der Waals surface area contributed by atoms with Crippen molar-refractivity contribution in [3.05, 3.63) is 69.4 Å². The van der Waals surface area contributed by atoms with Gasteiger partial charge in [-0.3, -0.25) is 4.90 Å². The number of rotatable bonds is 10. The number of nitrogens with zero attached hydrogens (tertiary/aromatic N) is 3. The van der Waals surface area contributed by atoms with Gasteiger partial charge in [0, 0.05) is 24.4 Å². The third-order valence-corrected chi connectivity index (χ3v) is 11.1. The molecule has 40 heavy (non-hydrogen) atoms. The van der Waals surface area contributed by atoms with Crippen LogP contribution in [0.5, 0.6) is 0 Å². The first kappa shape index (κ1) is 29.3. The Labute approximate surface area is 246 Å². The normalized spacial score (nSPS) is 22.9. The van der Waals surface area contributed by atoms with E-state index in [0.717, 1.165) is 81.7 Å². The maximum Gasteiger partial charge on any atom is 0.219 e. The Hall–Kier alpha value is -2.15. The molecule has 3 aromatic rings. The highest BCUT2D eigenvalue weighted by atomic mass is 32.1. The molecule has 2 unspecified atom stereocenters. The van der Waals surface area contributed by atoms with Crippen molar-refractivity contribution >= 4 is 17.2 Å². The van der Waals surface area contributed by atoms with Gasteiger partial charge in [0.15, 0.2) is 0 Å². The highest BCUT2D eigenvalue weighted by molar-refractivity contribution is 7.10. The van der Waals surface area contributed by atoms with E-state index in [1.165, 1.54) is 28.8 Å². The Balaban J connectivity index is 1.42. The topological polar surface area (TPSA) is 58.5 Å². The van der Waals surface area contributed by atoms with Crippen LogP contribution < -0.4 is 10.6 Å². The van der Waals surface area contributed by atoms with Crippen molar-refractivity contribution in [1.82, 2.24) is 9.88 Å². The van der Waals surface area contributed by atoms with Crippen LogP contribution in [0.3, 0.4) is 0 Å². The largest absolute Gasteiger partial charge is 0.423 e. The molecule has 2 fully saturated rings. The van der Waals surface area contributed by atoms with Crippen molar-refractivity contribution < 1.29 is 4.42 Å². The molecular formula is C34H50N4OS. The van der Waals surface area contributed by atoms with E-state index < -0.39 is 0 Å². The number of nitrogens with two attached hydrogens (primary N) is 1. The zero-order valence-corrected chi connectivity index (χ0v) is 26.2. The molecule has 2 N–H and O–H groups in total. The summed E-state index contributed by atoms with van der Waals surface area (Å²) in [5, 5.41) is 2.19. The fourth-order valence-electron chi connectivity index (χ4n) is 7.27. The number of aromatic nitrogens is 1. The third-order valence-electron chi connectivity index (χ3n) is 9.86. The monoisotopic (exact) mass is 562 g/mol. The summed E-state index contributed by atoms with van der Waals surface area (Å²) in [5.74, 6) is 3.74. The predicted molar refractivity (Wildman–Crippen MR) is 168 cm³/mol. The molecule has 6 heteroatoms. The molecule has 5 rings (SSSR count). The lowest BCUT2D eigenvalue weighted by molar-refractivity contribution is 0.0792. The zero-order valence-electron chi connectivity index (χ0n) is 25.4. The molecule has 5 nitrogen and oxygen atoms in total. The maximum absolute atomic E-state index is 7.06. The highest BCUT2D eigenvalue weighted by Crippen LogP contribution is 2.47. The van der Waals surface area contributed by atoms with Gasteiger partial charge in [0.1, 0.15) is 5.69 Å². The van der Waals surface area contributed by atoms with Crippen molar-refractivity contribution in [2.24, 2.45) is 23.5 Å². The van der Waals surface area contributed by atoms with Crippen LogP contribution in [0.2, 0.25) is 0 Å². The Morgan fingerprint density at radius 1 is 1.05 bits per heavy atom. The van der Waals surface area contributed by atoms with E-state index in [0.29, 0.717) is 11.8 Å². The highest BCUT2D eigenvalue weighted by Gasteiger charge is 2.41. The van der Waals surface area contributed by atoms with E-state index >= 15 is 0 Å². The van der Waals surface area contributed by atoms with Crippen molar-refractivity contribution in [2.45, 2.75) is 91.1 Å². The minimum atomic E-state index is -0.266. The minimum Gasteiger partial charge on any atom is -0.423 e. The lowest BCUT2D eigenvalue weighted by Crippen LogP contribution is -2.44. The molecule has 0 spiro atoms. The van der Waals surface area contributed by atoms with Crippen LogP contribution in [0.4, 0.5) is 5.88 Å². The number of anilines is 1. The number of benzene rings is 1. The van der Waals surface area contributed by atoms with Crippen LogP contribution >= 0.6 is 11.3 Å². The third kappa shape index (κ3) is 6.19. The smallest absolute Gasteiger partial charge is 0.219 e. The summed E-state index contributed by atoms with van der Waals surface area (Å²) in [7, 11) is 0. The Morgan fingerprint density at radius 3 is 2.33 bits per heavy atom. The van der Waals surface area contributed by atoms with Crippen LogP contribution in [-0.4, -0.2) is 36.1 Å². The van der Waals surface area contributed by atoms with Crippen LogP contribution in [0.25, 0.3) is 0 Å². The maximum atomic E-state index is 7.06. The Bertz CT molecular complexity index is 1200. The second-order valence-electron chi connectivity index (χ2n) is 12.6. The molecule has 2 atom stereocenters. The molecule has 3 heterocycles. The molecule has 1 saturated carbocycles. The SMILES string of the molecule is CCN(CC)C(c1nc(Cc2ccccc2)c(N2CCC(C)CC2)o1)C1CCC(C(C)(N)c2sccc2C)CC1. The summed E-state index contributed by atoms with van der Waals surface area (Å²) in [6.07, 6.45) is 7.88. The van der Waals surface area contributed by atoms with E-state index in [1.807, 2.05) is 11.3 Å². The van der Waals surface area contributed by atoms with Gasteiger partial charge in [-0.15, -0.1) is 11.3 Å². The average molecular weight is 563 g/mol. The number of hydrogen-bond donors (Lipinski definition) is 1. The van der Waals surface area contributed by atoms with E-state index in [9.17, 15) is 0 Å². The molecular weight excluding hydrogens is 512 g/mol. The summed E-state index contributed by atoms with van der Waals surface area (Å²) in [6.45, 7) is 15.5. The number of hydrogen-bond acceptors (Lipinski definition) is 6. The molecule has 2 aromatic heterocycles. The van der Waals surface area contributed by atoms with Crippen molar-refractivity contribution in [3.8, 4) is 0 Å². The minimum absolute atomic E-state index is 0.204. The van der Waals surface area contributed by atoms with Gasteiger partial charge in [-0.2, -0.15) is 0 Å². The summed E-state index contributed by atoms with van der Waals surface area (Å²) in [5.41, 5.74) is 10.5. The first-order valence-corrected chi connectivity index (χ1v) is 16.6. The number of aryl methyl sites for hydroxylation is 1. The van der Waals surface area contributed by atoms with Crippen molar-refractivity contribution in [1.29, 1.82) is 0 Å². The predicted octanol–water partition coefficient (Wildman–Crippen LogP) is 7.94. The molecule has 0 radical (unpaired) electrons. The Kier molecular flexibility index (Phi) is 9.38. The molecule has 2 aliphatic rings. The molecule has 1 saturated heterocycles. The first-order valence-electron chi connectivity index (χ1n) is 15.7. The average Bonchev–Trinajstić information content (AvgIpc) is 3.59. The van der Waals surface area contributed by atoms with Gasteiger partial charge in [-0.25, -0.2) is 4.98 Å². The summed E-state index contributed by atoms with van der Waals surface area (Å²) in [4.78, 5) is 11.7. The van der Waals surface area contributed by atoms with Crippen LogP contribution in [0, 0.1) is 24.7 Å². The number of oxazole rings is 1. The molecule has 0 bridgehead atoms. The summed E-state index contributed by atoms with van der Waals surface area (Å²) in [6, 6.07) is 13.2. The van der Waals surface area contributed by atoms with E-state index in [1.54, 1.807) is 0 Å². The van der Waals surface area contributed by atoms with Gasteiger partial charge in [-0.05, 0) is 106 Å². The lowest BCUT2D eigenvalue weighted by atomic mass is 9.70. The molecule has 1 aliphatic heterocycles. The Morgan fingerprint density at radius 2 is 1.73 bits per heavy atom. The van der Waals surface area contributed by atoms with Gasteiger partial charge >= 0.3 is 0 Å². The van der Waals surface area contributed by atoms with Gasteiger partial charge in [0.05, 0.1) is 11.6 Å². The van der Waals surface area contributed by atoms with E-state index in [-0.39, 0.29) is 11.6 Å². The van der Waals surface area contributed by atoms with Crippen molar-refractivity contribution in [3.63, 3.8) is 0 Å². The van der Waals surface area contributed by atoms with Gasteiger partial charge in [0.25, 0.3) is 0 Å². The molecule has 0 amide bonds. The van der Waals surface area contributed by atoms with Crippen LogP contribution in [-0.2, 0) is 12.0 Å². The summed E-state index contributed by atoms with van der Waals surface area (Å²) >= 11 is 1.82. The van der Waals surface area contributed by atoms with Gasteiger partial charge in [-0.1, -0.05) is 51.1 Å².